The molecule has 1 fully saturated rings. The maximum Gasteiger partial charge on any atom is 0.180 e. The van der Waals surface area contributed by atoms with Crippen LogP contribution >= 0.6 is 0 Å². The van der Waals surface area contributed by atoms with Crippen molar-refractivity contribution in [1.82, 2.24) is 4.90 Å². The monoisotopic (exact) mass is 459 g/mol. The summed E-state index contributed by atoms with van der Waals surface area (Å²) >= 11 is 0. The van der Waals surface area contributed by atoms with Crippen molar-refractivity contribution in [3.05, 3.63) is 23.3 Å². The minimum Gasteiger partial charge on any atom is -0.504 e. The Morgan fingerprint density at radius 1 is 1.21 bits per heavy atom. The van der Waals surface area contributed by atoms with Gasteiger partial charge in [-0.2, -0.15) is 0 Å². The number of nitrogens with zero attached hydrogens (tertiary/aromatic N) is 1. The Morgan fingerprint density at radius 3 is 2.42 bits per heavy atom. The topological polar surface area (TPSA) is 59.0 Å². The van der Waals surface area contributed by atoms with Gasteiger partial charge in [-0.1, -0.05) is 34.6 Å². The standard InChI is InChI=1S/C28H45NO4/c1-9-20(15-16-32-27(4,5)6)33-26-22(30)14-13-21-23(26)28(7,8)18(3)24(25(21)31)29(10-2)17-19-11-12-19/h13-14,18-20,24,30H,9-12,15-17H2,1-8H3/t18-,20?,24?/m0/s1. The molecule has 33 heavy (non-hydrogen) atoms. The fourth-order valence-electron chi connectivity index (χ4n) is 5.11. The summed E-state index contributed by atoms with van der Waals surface area (Å²) in [5.41, 5.74) is 1.04. The van der Waals surface area contributed by atoms with Crippen LogP contribution in [0.15, 0.2) is 12.1 Å². The molecule has 0 aliphatic heterocycles. The number of aromatic hydroxyl groups is 1. The Bertz CT molecular complexity index is 837. The van der Waals surface area contributed by atoms with Crippen molar-refractivity contribution >= 4 is 5.78 Å². The predicted molar refractivity (Wildman–Crippen MR) is 133 cm³/mol. The third-order valence-electron chi connectivity index (χ3n) is 7.63. The summed E-state index contributed by atoms with van der Waals surface area (Å²) < 4.78 is 12.3. The Hall–Kier alpha value is -1.59. The number of phenols is 1. The summed E-state index contributed by atoms with van der Waals surface area (Å²) in [6, 6.07) is 3.29. The molecule has 1 aromatic rings. The quantitative estimate of drug-likeness (QED) is 0.467. The SMILES string of the molecule is CCC(CCOC(C)(C)C)Oc1c(O)ccc2c1C(C)(C)[C@@H](C)C(N(CC)CC1CC1)C2=O. The van der Waals surface area contributed by atoms with Crippen LogP contribution in [0.5, 0.6) is 11.5 Å². The molecule has 0 spiro atoms. The summed E-state index contributed by atoms with van der Waals surface area (Å²) in [5.74, 6) is 1.58. The molecule has 2 aliphatic carbocycles. The van der Waals surface area contributed by atoms with E-state index in [9.17, 15) is 9.90 Å². The van der Waals surface area contributed by atoms with Crippen LogP contribution in [0.4, 0.5) is 0 Å². The van der Waals surface area contributed by atoms with Gasteiger partial charge < -0.3 is 14.6 Å². The van der Waals surface area contributed by atoms with E-state index < -0.39 is 0 Å². The first-order chi connectivity index (χ1) is 15.4. The summed E-state index contributed by atoms with van der Waals surface area (Å²) in [4.78, 5) is 16.2. The van der Waals surface area contributed by atoms with Gasteiger partial charge in [-0.15, -0.1) is 0 Å². The summed E-state index contributed by atoms with van der Waals surface area (Å²) in [6.07, 6.45) is 3.98. The lowest BCUT2D eigenvalue weighted by molar-refractivity contribution is -0.0165. The first kappa shape index (κ1) is 26.0. The Kier molecular flexibility index (Phi) is 7.85. The van der Waals surface area contributed by atoms with Crippen molar-refractivity contribution < 1.29 is 19.4 Å². The fourth-order valence-corrected chi connectivity index (χ4v) is 5.11. The van der Waals surface area contributed by atoms with Crippen molar-refractivity contribution in [2.24, 2.45) is 11.8 Å². The molecule has 0 aromatic heterocycles. The van der Waals surface area contributed by atoms with Crippen molar-refractivity contribution in [3.63, 3.8) is 0 Å². The van der Waals surface area contributed by atoms with E-state index in [-0.39, 0.29) is 40.6 Å². The molecule has 0 bridgehead atoms. The lowest BCUT2D eigenvalue weighted by Gasteiger charge is -2.47. The Morgan fingerprint density at radius 2 is 1.88 bits per heavy atom. The molecule has 0 saturated heterocycles. The molecule has 1 saturated carbocycles. The molecule has 1 N–H and O–H groups in total. The maximum atomic E-state index is 13.8. The lowest BCUT2D eigenvalue weighted by Crippen LogP contribution is -2.55. The zero-order valence-corrected chi connectivity index (χ0v) is 22.0. The number of hydrogen-bond donors (Lipinski definition) is 1. The average Bonchev–Trinajstić information content (AvgIpc) is 3.55. The number of ketones is 1. The molecule has 0 radical (unpaired) electrons. The van der Waals surface area contributed by atoms with Crippen molar-refractivity contribution in [2.75, 3.05) is 19.7 Å². The molecule has 2 unspecified atom stereocenters. The van der Waals surface area contributed by atoms with Gasteiger partial charge in [0.25, 0.3) is 0 Å². The first-order valence-corrected chi connectivity index (χ1v) is 12.9. The van der Waals surface area contributed by atoms with Gasteiger partial charge in [-0.25, -0.2) is 0 Å². The molecule has 3 rings (SSSR count). The molecular weight excluding hydrogens is 414 g/mol. The summed E-state index contributed by atoms with van der Waals surface area (Å²) in [5, 5.41) is 10.8. The minimum atomic E-state index is -0.320. The zero-order chi connectivity index (χ0) is 24.6. The Labute approximate surface area is 200 Å². The molecule has 0 heterocycles. The highest BCUT2D eigenvalue weighted by atomic mass is 16.5. The van der Waals surface area contributed by atoms with Crippen LogP contribution in [0.2, 0.25) is 0 Å². The third-order valence-corrected chi connectivity index (χ3v) is 7.63. The number of benzene rings is 1. The summed E-state index contributed by atoms with van der Waals surface area (Å²) in [7, 11) is 0. The number of hydrogen-bond acceptors (Lipinski definition) is 5. The molecule has 5 heteroatoms. The molecule has 5 nitrogen and oxygen atoms in total. The van der Waals surface area contributed by atoms with E-state index in [4.69, 9.17) is 9.47 Å². The third kappa shape index (κ3) is 5.74. The van der Waals surface area contributed by atoms with E-state index in [2.05, 4.69) is 39.5 Å². The number of carbonyl (C=O) groups excluding carboxylic acids is 1. The number of carbonyl (C=O) groups is 1. The van der Waals surface area contributed by atoms with Crippen LogP contribution in [-0.4, -0.2) is 53.2 Å². The lowest BCUT2D eigenvalue weighted by atomic mass is 9.62. The van der Waals surface area contributed by atoms with Crippen molar-refractivity contribution in [2.45, 2.75) is 104 Å². The van der Waals surface area contributed by atoms with Crippen LogP contribution in [0.25, 0.3) is 0 Å². The summed E-state index contributed by atoms with van der Waals surface area (Å²) in [6.45, 7) is 19.4. The van der Waals surface area contributed by atoms with Crippen molar-refractivity contribution in [1.29, 1.82) is 0 Å². The zero-order valence-electron chi connectivity index (χ0n) is 22.0. The number of ether oxygens (including phenoxy) is 2. The van der Waals surface area contributed by atoms with Crippen LogP contribution in [0, 0.1) is 11.8 Å². The Balaban J connectivity index is 1.93. The van der Waals surface area contributed by atoms with E-state index in [1.54, 1.807) is 12.1 Å². The van der Waals surface area contributed by atoms with Gasteiger partial charge in [-0.05, 0) is 76.0 Å². The predicted octanol–water partition coefficient (Wildman–Crippen LogP) is 5.97. The highest BCUT2D eigenvalue weighted by molar-refractivity contribution is 6.04. The minimum absolute atomic E-state index is 0.0920. The van der Waals surface area contributed by atoms with Gasteiger partial charge in [0.1, 0.15) is 6.10 Å². The van der Waals surface area contributed by atoms with Crippen molar-refractivity contribution in [3.8, 4) is 11.5 Å². The second kappa shape index (κ2) is 9.95. The van der Waals surface area contributed by atoms with Crippen LogP contribution in [-0.2, 0) is 10.2 Å². The smallest absolute Gasteiger partial charge is 0.180 e. The van der Waals surface area contributed by atoms with Crippen LogP contribution < -0.4 is 4.74 Å². The van der Waals surface area contributed by atoms with Gasteiger partial charge in [0.2, 0.25) is 0 Å². The molecule has 1 aromatic carbocycles. The maximum absolute atomic E-state index is 13.8. The molecule has 0 amide bonds. The van der Waals surface area contributed by atoms with E-state index in [1.165, 1.54) is 12.8 Å². The highest BCUT2D eigenvalue weighted by Gasteiger charge is 2.49. The fraction of sp³-hybridized carbons (Fsp3) is 0.750. The molecule has 3 atom stereocenters. The van der Waals surface area contributed by atoms with Crippen LogP contribution in [0.3, 0.4) is 0 Å². The molecular formula is C28H45NO4. The van der Waals surface area contributed by atoms with E-state index in [0.717, 1.165) is 37.4 Å². The van der Waals surface area contributed by atoms with Gasteiger partial charge in [-0.3, -0.25) is 9.69 Å². The second-order valence-corrected chi connectivity index (χ2v) is 11.6. The first-order valence-electron chi connectivity index (χ1n) is 12.9. The molecule has 2 aliphatic rings. The van der Waals surface area contributed by atoms with E-state index in [1.807, 2.05) is 20.8 Å². The van der Waals surface area contributed by atoms with Gasteiger partial charge in [0.15, 0.2) is 17.3 Å². The molecule has 186 valence electrons. The number of phenolic OH excluding ortho intramolecular Hbond substituents is 1. The van der Waals surface area contributed by atoms with Gasteiger partial charge >= 0.3 is 0 Å². The number of fused-ring (bicyclic) bond motifs is 1. The van der Waals surface area contributed by atoms with E-state index >= 15 is 0 Å². The van der Waals surface area contributed by atoms with Crippen LogP contribution in [0.1, 0.15) is 97.0 Å². The van der Waals surface area contributed by atoms with Gasteiger partial charge in [0.05, 0.1) is 18.2 Å². The normalized spacial score (nSPS) is 23.5. The van der Waals surface area contributed by atoms with E-state index in [0.29, 0.717) is 17.9 Å². The number of rotatable bonds is 10. The largest absolute Gasteiger partial charge is 0.504 e. The highest BCUT2D eigenvalue weighted by Crippen LogP contribution is 2.50. The number of likely N-dealkylation sites (N-methyl/N-ethyl adjacent to an activating group) is 1. The average molecular weight is 460 g/mol. The number of Topliss-reactive ketones (excluding diaryl/α,β-unsaturated/α-hetero) is 1. The van der Waals surface area contributed by atoms with Gasteiger partial charge in [0, 0.05) is 24.1 Å². The second-order valence-electron chi connectivity index (χ2n) is 11.6.